The first-order chi connectivity index (χ1) is 13.0. The van der Waals surface area contributed by atoms with Crippen LogP contribution < -0.4 is 10.2 Å². The highest BCUT2D eigenvalue weighted by atomic mass is 16.1. The maximum Gasteiger partial charge on any atom is 0.252 e. The molecule has 27 heavy (non-hydrogen) atoms. The van der Waals surface area contributed by atoms with Crippen molar-refractivity contribution >= 4 is 11.7 Å². The predicted molar refractivity (Wildman–Crippen MR) is 110 cm³/mol. The summed E-state index contributed by atoms with van der Waals surface area (Å²) in [6.07, 6.45) is 8.89. The molecular formula is C21H35N5O. The minimum absolute atomic E-state index is 0.0190. The molecule has 2 saturated heterocycles. The molecule has 0 radical (unpaired) electrons. The number of hydrogen-bond donors (Lipinski definition) is 1. The molecule has 1 N–H and O–H groups in total. The third-order valence-corrected chi connectivity index (χ3v) is 6.29. The average molecular weight is 374 g/mol. The molecule has 1 unspecified atom stereocenters. The number of anilines is 1. The molecule has 0 aromatic carbocycles. The second-order valence-corrected chi connectivity index (χ2v) is 8.23. The van der Waals surface area contributed by atoms with E-state index in [1.807, 2.05) is 12.1 Å². The largest absolute Gasteiger partial charge is 0.357 e. The quantitative estimate of drug-likeness (QED) is 0.829. The maximum atomic E-state index is 12.4. The Morgan fingerprint density at radius 3 is 2.63 bits per heavy atom. The van der Waals surface area contributed by atoms with Crippen molar-refractivity contribution in [3.8, 4) is 0 Å². The van der Waals surface area contributed by atoms with Gasteiger partial charge < -0.3 is 20.0 Å². The van der Waals surface area contributed by atoms with Crippen LogP contribution in [-0.2, 0) is 0 Å². The lowest BCUT2D eigenvalue weighted by atomic mass is 10.0. The summed E-state index contributed by atoms with van der Waals surface area (Å²) in [6.45, 7) is 4.16. The van der Waals surface area contributed by atoms with Crippen molar-refractivity contribution in [2.24, 2.45) is 0 Å². The van der Waals surface area contributed by atoms with E-state index in [9.17, 15) is 4.79 Å². The van der Waals surface area contributed by atoms with Gasteiger partial charge in [-0.05, 0) is 78.0 Å². The first kappa shape index (κ1) is 20.1. The van der Waals surface area contributed by atoms with Crippen LogP contribution in [-0.4, -0.2) is 80.1 Å². The Labute approximate surface area is 163 Å². The van der Waals surface area contributed by atoms with Crippen molar-refractivity contribution in [1.29, 1.82) is 0 Å². The van der Waals surface area contributed by atoms with Gasteiger partial charge in [-0.2, -0.15) is 0 Å². The molecule has 3 heterocycles. The summed E-state index contributed by atoms with van der Waals surface area (Å²) in [6, 6.07) is 5.00. The molecule has 3 rings (SSSR count). The van der Waals surface area contributed by atoms with Gasteiger partial charge in [0.15, 0.2) is 0 Å². The van der Waals surface area contributed by atoms with E-state index in [4.69, 9.17) is 0 Å². The number of pyridine rings is 1. The lowest BCUT2D eigenvalue weighted by Crippen LogP contribution is -2.42. The zero-order valence-electron chi connectivity index (χ0n) is 17.2. The second kappa shape index (κ2) is 9.51. The summed E-state index contributed by atoms with van der Waals surface area (Å²) in [7, 11) is 6.47. The SMILES string of the molecule is CN1CCC(N(C)c2ccc(C(=O)NCCC3CCCCN3C)cn2)CC1. The summed E-state index contributed by atoms with van der Waals surface area (Å²) < 4.78 is 0. The highest BCUT2D eigenvalue weighted by molar-refractivity contribution is 5.94. The fourth-order valence-electron chi connectivity index (χ4n) is 4.26. The van der Waals surface area contributed by atoms with Crippen LogP contribution in [0.15, 0.2) is 18.3 Å². The van der Waals surface area contributed by atoms with E-state index in [2.05, 4.69) is 46.1 Å². The number of carbonyl (C=O) groups is 1. The molecule has 1 aromatic heterocycles. The number of nitrogens with one attached hydrogen (secondary N) is 1. The van der Waals surface area contributed by atoms with Crippen molar-refractivity contribution in [3.05, 3.63) is 23.9 Å². The van der Waals surface area contributed by atoms with E-state index in [1.54, 1.807) is 6.20 Å². The van der Waals surface area contributed by atoms with Crippen LogP contribution in [0.5, 0.6) is 0 Å². The predicted octanol–water partition coefficient (Wildman–Crippen LogP) is 2.22. The summed E-state index contributed by atoms with van der Waals surface area (Å²) in [4.78, 5) is 24.0. The molecule has 2 fully saturated rings. The summed E-state index contributed by atoms with van der Waals surface area (Å²) in [5.74, 6) is 0.930. The number of rotatable bonds is 6. The van der Waals surface area contributed by atoms with Crippen LogP contribution in [0.1, 0.15) is 48.9 Å². The van der Waals surface area contributed by atoms with Crippen LogP contribution >= 0.6 is 0 Å². The molecule has 2 aliphatic heterocycles. The van der Waals surface area contributed by atoms with E-state index < -0.39 is 0 Å². The topological polar surface area (TPSA) is 51.7 Å². The maximum absolute atomic E-state index is 12.4. The highest BCUT2D eigenvalue weighted by Crippen LogP contribution is 2.20. The second-order valence-electron chi connectivity index (χ2n) is 8.23. The van der Waals surface area contributed by atoms with E-state index >= 15 is 0 Å². The number of nitrogens with zero attached hydrogens (tertiary/aromatic N) is 4. The van der Waals surface area contributed by atoms with Crippen molar-refractivity contribution in [3.63, 3.8) is 0 Å². The normalized spacial score (nSPS) is 22.6. The lowest BCUT2D eigenvalue weighted by molar-refractivity contribution is 0.0945. The third kappa shape index (κ3) is 5.42. The molecule has 2 aliphatic rings. The van der Waals surface area contributed by atoms with Crippen LogP contribution in [0.2, 0.25) is 0 Å². The smallest absolute Gasteiger partial charge is 0.252 e. The number of likely N-dealkylation sites (tertiary alicyclic amines) is 2. The Kier molecular flexibility index (Phi) is 7.07. The fourth-order valence-corrected chi connectivity index (χ4v) is 4.26. The summed E-state index contributed by atoms with van der Waals surface area (Å²) in [5.41, 5.74) is 0.646. The molecule has 0 saturated carbocycles. The van der Waals surface area contributed by atoms with E-state index in [0.29, 0.717) is 17.6 Å². The Hall–Kier alpha value is -1.66. The highest BCUT2D eigenvalue weighted by Gasteiger charge is 2.22. The van der Waals surface area contributed by atoms with Gasteiger partial charge in [-0.3, -0.25) is 4.79 Å². The number of amides is 1. The van der Waals surface area contributed by atoms with Crippen molar-refractivity contribution < 1.29 is 4.79 Å². The molecular weight excluding hydrogens is 338 g/mol. The van der Waals surface area contributed by atoms with Crippen molar-refractivity contribution in [1.82, 2.24) is 20.1 Å². The Morgan fingerprint density at radius 2 is 1.96 bits per heavy atom. The van der Waals surface area contributed by atoms with Crippen LogP contribution in [0.4, 0.5) is 5.82 Å². The fraction of sp³-hybridized carbons (Fsp3) is 0.714. The Morgan fingerprint density at radius 1 is 1.19 bits per heavy atom. The zero-order chi connectivity index (χ0) is 19.2. The monoisotopic (exact) mass is 373 g/mol. The molecule has 1 amide bonds. The summed E-state index contributed by atoms with van der Waals surface area (Å²) in [5, 5.41) is 3.06. The van der Waals surface area contributed by atoms with Gasteiger partial charge in [0.2, 0.25) is 0 Å². The number of hydrogen-bond acceptors (Lipinski definition) is 5. The first-order valence-electron chi connectivity index (χ1n) is 10.4. The molecule has 1 atom stereocenters. The molecule has 150 valence electrons. The average Bonchev–Trinajstić information content (AvgIpc) is 2.69. The number of piperidine rings is 2. The molecule has 1 aromatic rings. The minimum Gasteiger partial charge on any atom is -0.357 e. The van der Waals surface area contributed by atoms with Gasteiger partial charge >= 0.3 is 0 Å². The third-order valence-electron chi connectivity index (χ3n) is 6.29. The minimum atomic E-state index is -0.0190. The van der Waals surface area contributed by atoms with Gasteiger partial charge in [-0.25, -0.2) is 4.98 Å². The van der Waals surface area contributed by atoms with Gasteiger partial charge in [0.1, 0.15) is 5.82 Å². The van der Waals surface area contributed by atoms with Crippen LogP contribution in [0, 0.1) is 0 Å². The molecule has 0 bridgehead atoms. The van der Waals surface area contributed by atoms with Gasteiger partial charge in [-0.1, -0.05) is 6.42 Å². The molecule has 6 nitrogen and oxygen atoms in total. The standard InChI is InChI=1S/C21H35N5O/c1-24-14-10-19(11-15-24)26(3)20-8-7-17(16-23-20)21(27)22-12-9-18-6-4-5-13-25(18)2/h7-8,16,18-19H,4-6,9-15H2,1-3H3,(H,22,27). The number of aromatic nitrogens is 1. The van der Waals surface area contributed by atoms with Gasteiger partial charge in [0.05, 0.1) is 5.56 Å². The van der Waals surface area contributed by atoms with E-state index in [-0.39, 0.29) is 5.91 Å². The van der Waals surface area contributed by atoms with Crippen LogP contribution in [0.3, 0.4) is 0 Å². The van der Waals surface area contributed by atoms with Gasteiger partial charge in [0.25, 0.3) is 5.91 Å². The van der Waals surface area contributed by atoms with Crippen molar-refractivity contribution in [2.45, 2.75) is 50.6 Å². The lowest BCUT2D eigenvalue weighted by Gasteiger charge is -2.35. The molecule has 0 spiro atoms. The zero-order valence-corrected chi connectivity index (χ0v) is 17.2. The van der Waals surface area contributed by atoms with E-state index in [1.165, 1.54) is 25.8 Å². The molecule has 6 heteroatoms. The van der Waals surface area contributed by atoms with Crippen molar-refractivity contribution in [2.75, 3.05) is 52.2 Å². The summed E-state index contributed by atoms with van der Waals surface area (Å²) >= 11 is 0. The van der Waals surface area contributed by atoms with E-state index in [0.717, 1.165) is 44.7 Å². The first-order valence-corrected chi connectivity index (χ1v) is 10.4. The Bertz CT molecular complexity index is 597. The van der Waals surface area contributed by atoms with Gasteiger partial charge in [0, 0.05) is 31.9 Å². The Balaban J connectivity index is 1.47. The molecule has 0 aliphatic carbocycles. The van der Waals surface area contributed by atoms with Gasteiger partial charge in [-0.15, -0.1) is 0 Å². The van der Waals surface area contributed by atoms with Crippen LogP contribution in [0.25, 0.3) is 0 Å². The number of carbonyl (C=O) groups excluding carboxylic acids is 1.